The van der Waals surface area contributed by atoms with Crippen molar-refractivity contribution in [3.8, 4) is 90.8 Å². The molecule has 0 bridgehead atoms. The quantitative estimate of drug-likeness (QED) is 0.0610. The SMILES string of the molecule is O=C(c1ccc(Oc2ccc([N+](=O)[O-])cc2-c2nc(-c3ccccc3)c(-c3ccccc3)[nH]2)cc1)c1ccc(Oc2ccc([N+](=O)[O-])cc2-c2nc(-c3ccccc3)c(-c3ccccc3)[nH]2)cc1. The Balaban J connectivity index is 0.899. The van der Waals surface area contributed by atoms with Crippen molar-refractivity contribution in [2.24, 2.45) is 0 Å². The summed E-state index contributed by atoms with van der Waals surface area (Å²) in [5.74, 6) is 1.90. The number of nitro groups is 2. The van der Waals surface area contributed by atoms with Gasteiger partial charge >= 0.3 is 0 Å². The normalized spacial score (nSPS) is 10.9. The fraction of sp³-hybridized carbons (Fsp3) is 0. The van der Waals surface area contributed by atoms with Crippen molar-refractivity contribution in [3.63, 3.8) is 0 Å². The smallest absolute Gasteiger partial charge is 0.270 e. The maximum atomic E-state index is 13.8. The highest BCUT2D eigenvalue weighted by Gasteiger charge is 2.23. The first-order valence-corrected chi connectivity index (χ1v) is 21.4. The van der Waals surface area contributed by atoms with Crippen LogP contribution < -0.4 is 9.47 Å². The minimum absolute atomic E-state index is 0.135. The van der Waals surface area contributed by atoms with Gasteiger partial charge in [0.15, 0.2) is 5.78 Å². The molecule has 10 aromatic rings. The number of nitrogens with zero attached hydrogens (tertiary/aromatic N) is 4. The van der Waals surface area contributed by atoms with Gasteiger partial charge in [-0.1, -0.05) is 121 Å². The summed E-state index contributed by atoms with van der Waals surface area (Å²) >= 11 is 0. The molecule has 10 rings (SSSR count). The molecular weight excluding hydrogens is 857 g/mol. The van der Waals surface area contributed by atoms with E-state index < -0.39 is 9.85 Å². The number of nitrogens with one attached hydrogen (secondary N) is 2. The second kappa shape index (κ2) is 18.4. The number of carbonyl (C=O) groups is 1. The van der Waals surface area contributed by atoms with Crippen molar-refractivity contribution in [1.29, 1.82) is 0 Å². The number of aromatic nitrogens is 4. The van der Waals surface area contributed by atoms with Gasteiger partial charge in [0, 0.05) is 57.6 Å². The predicted octanol–water partition coefficient (Wildman–Crippen LogP) is 13.8. The van der Waals surface area contributed by atoms with Crippen molar-refractivity contribution in [2.45, 2.75) is 0 Å². The molecule has 0 saturated carbocycles. The van der Waals surface area contributed by atoms with E-state index in [-0.39, 0.29) is 17.2 Å². The van der Waals surface area contributed by atoms with E-state index in [9.17, 15) is 25.0 Å². The second-order valence-corrected chi connectivity index (χ2v) is 15.5. The molecule has 13 nitrogen and oxygen atoms in total. The number of ether oxygens (including phenoxy) is 2. The number of non-ortho nitro benzene ring substituents is 2. The number of hydrogen-bond donors (Lipinski definition) is 2. The largest absolute Gasteiger partial charge is 0.457 e. The van der Waals surface area contributed by atoms with Crippen LogP contribution in [0.5, 0.6) is 23.0 Å². The second-order valence-electron chi connectivity index (χ2n) is 15.5. The molecule has 0 fully saturated rings. The van der Waals surface area contributed by atoms with E-state index in [0.29, 0.717) is 68.3 Å². The summed E-state index contributed by atoms with van der Waals surface area (Å²) in [5, 5.41) is 23.9. The van der Waals surface area contributed by atoms with Gasteiger partial charge < -0.3 is 19.4 Å². The average Bonchev–Trinajstić information content (AvgIpc) is 4.04. The molecule has 2 aromatic heterocycles. The summed E-state index contributed by atoms with van der Waals surface area (Å²) in [4.78, 5) is 53.4. The number of imidazole rings is 2. The summed E-state index contributed by atoms with van der Waals surface area (Å²) in [6, 6.07) is 60.5. The Labute approximate surface area is 388 Å². The monoisotopic (exact) mass is 892 g/mol. The van der Waals surface area contributed by atoms with Gasteiger partial charge in [-0.15, -0.1) is 0 Å². The molecule has 0 atom stereocenters. The van der Waals surface area contributed by atoms with Crippen LogP contribution in [0.4, 0.5) is 11.4 Å². The van der Waals surface area contributed by atoms with Crippen LogP contribution in [0, 0.1) is 20.2 Å². The fourth-order valence-corrected chi connectivity index (χ4v) is 7.82. The molecule has 0 aliphatic rings. The van der Waals surface area contributed by atoms with Gasteiger partial charge in [0.1, 0.15) is 34.6 Å². The molecule has 0 radical (unpaired) electrons. The van der Waals surface area contributed by atoms with E-state index in [0.717, 1.165) is 33.6 Å². The van der Waals surface area contributed by atoms with E-state index in [2.05, 4.69) is 9.97 Å². The number of rotatable bonds is 14. The molecule has 0 aliphatic heterocycles. The first kappa shape index (κ1) is 42.2. The fourth-order valence-electron chi connectivity index (χ4n) is 7.82. The molecule has 0 spiro atoms. The molecule has 2 N–H and O–H groups in total. The number of carbonyl (C=O) groups excluding carboxylic acids is 1. The van der Waals surface area contributed by atoms with Gasteiger partial charge in [0.2, 0.25) is 0 Å². The van der Waals surface area contributed by atoms with Gasteiger partial charge in [-0.25, -0.2) is 9.97 Å². The Kier molecular flexibility index (Phi) is 11.4. The maximum Gasteiger partial charge on any atom is 0.270 e. The third-order valence-corrected chi connectivity index (χ3v) is 11.2. The van der Waals surface area contributed by atoms with Gasteiger partial charge in [-0.05, 0) is 60.7 Å². The van der Waals surface area contributed by atoms with E-state index in [1.54, 1.807) is 48.5 Å². The number of aromatic amines is 2. The van der Waals surface area contributed by atoms with Crippen LogP contribution in [-0.2, 0) is 0 Å². The molecule has 0 amide bonds. The first-order chi connectivity index (χ1) is 33.3. The lowest BCUT2D eigenvalue weighted by Gasteiger charge is -2.11. The van der Waals surface area contributed by atoms with Gasteiger partial charge in [0.05, 0.1) is 43.7 Å². The molecule has 328 valence electrons. The van der Waals surface area contributed by atoms with Crippen LogP contribution in [0.15, 0.2) is 206 Å². The highest BCUT2D eigenvalue weighted by Crippen LogP contribution is 2.41. The molecule has 68 heavy (non-hydrogen) atoms. The third-order valence-electron chi connectivity index (χ3n) is 11.2. The number of benzene rings is 8. The van der Waals surface area contributed by atoms with Crippen LogP contribution >= 0.6 is 0 Å². The minimum Gasteiger partial charge on any atom is -0.457 e. The van der Waals surface area contributed by atoms with Crippen molar-refractivity contribution < 1.29 is 24.1 Å². The summed E-state index contributed by atoms with van der Waals surface area (Å²) in [5.41, 5.74) is 7.59. The summed E-state index contributed by atoms with van der Waals surface area (Å²) in [6.07, 6.45) is 0. The average molecular weight is 893 g/mol. The Morgan fingerprint density at radius 1 is 0.426 bits per heavy atom. The molecular formula is C55H36N6O7. The number of ketones is 1. The lowest BCUT2D eigenvalue weighted by atomic mass is 10.0. The van der Waals surface area contributed by atoms with Crippen LogP contribution in [0.1, 0.15) is 15.9 Å². The molecule has 0 aliphatic carbocycles. The summed E-state index contributed by atoms with van der Waals surface area (Å²) in [6.45, 7) is 0. The molecule has 2 heterocycles. The number of hydrogen-bond acceptors (Lipinski definition) is 9. The van der Waals surface area contributed by atoms with Crippen molar-refractivity contribution >= 4 is 17.2 Å². The Morgan fingerprint density at radius 3 is 1.10 bits per heavy atom. The predicted molar refractivity (Wildman–Crippen MR) is 260 cm³/mol. The molecule has 8 aromatic carbocycles. The third kappa shape index (κ3) is 8.73. The summed E-state index contributed by atoms with van der Waals surface area (Å²) < 4.78 is 12.7. The highest BCUT2D eigenvalue weighted by atomic mass is 16.6. The van der Waals surface area contributed by atoms with Crippen LogP contribution in [0.2, 0.25) is 0 Å². The van der Waals surface area contributed by atoms with E-state index in [4.69, 9.17) is 19.4 Å². The molecule has 0 unspecified atom stereocenters. The van der Waals surface area contributed by atoms with Gasteiger partial charge in [-0.3, -0.25) is 25.0 Å². The standard InChI is InChI=1S/C55H36N6O7/c62-53(39-21-27-43(28-22-39)67-47-31-25-41(60(63)64)33-45(47)54-56-49(35-13-5-1-6-14-35)50(57-54)36-15-7-2-8-16-36)40-23-29-44(30-24-40)68-48-32-26-42(61(65)66)34-46(48)55-58-51(37-17-9-3-10-18-37)52(59-55)38-19-11-4-12-20-38/h1-34H,(H,56,57)(H,58,59). The Morgan fingerprint density at radius 2 is 0.765 bits per heavy atom. The van der Waals surface area contributed by atoms with Crippen LogP contribution in [-0.4, -0.2) is 35.6 Å². The van der Waals surface area contributed by atoms with Gasteiger partial charge in [-0.2, -0.15) is 0 Å². The van der Waals surface area contributed by atoms with Gasteiger partial charge in [0.25, 0.3) is 11.4 Å². The Hall–Kier alpha value is -9.75. The van der Waals surface area contributed by atoms with Crippen molar-refractivity contribution in [3.05, 3.63) is 238 Å². The van der Waals surface area contributed by atoms with E-state index >= 15 is 0 Å². The maximum absolute atomic E-state index is 13.8. The van der Waals surface area contributed by atoms with Crippen LogP contribution in [0.3, 0.4) is 0 Å². The van der Waals surface area contributed by atoms with E-state index in [1.165, 1.54) is 36.4 Å². The van der Waals surface area contributed by atoms with Crippen LogP contribution in [0.25, 0.3) is 67.8 Å². The molecule has 13 heteroatoms. The zero-order valence-electron chi connectivity index (χ0n) is 35.8. The Bertz CT molecular complexity index is 3110. The van der Waals surface area contributed by atoms with Crippen molar-refractivity contribution in [2.75, 3.05) is 0 Å². The van der Waals surface area contributed by atoms with Crippen molar-refractivity contribution in [1.82, 2.24) is 19.9 Å². The zero-order valence-corrected chi connectivity index (χ0v) is 35.8. The number of nitro benzene ring substituents is 2. The highest BCUT2D eigenvalue weighted by molar-refractivity contribution is 6.09. The zero-order chi connectivity index (χ0) is 46.6. The first-order valence-electron chi connectivity index (χ1n) is 21.4. The minimum atomic E-state index is -0.470. The number of H-pyrrole nitrogens is 2. The lowest BCUT2D eigenvalue weighted by Crippen LogP contribution is -2.01. The molecule has 0 saturated heterocycles. The lowest BCUT2D eigenvalue weighted by molar-refractivity contribution is -0.385. The summed E-state index contributed by atoms with van der Waals surface area (Å²) in [7, 11) is 0. The topological polar surface area (TPSA) is 179 Å². The van der Waals surface area contributed by atoms with E-state index in [1.807, 2.05) is 121 Å².